The van der Waals surface area contributed by atoms with Gasteiger partial charge in [0.2, 0.25) is 0 Å². The van der Waals surface area contributed by atoms with E-state index in [9.17, 15) is 0 Å². The molecule has 1 fully saturated rings. The quantitative estimate of drug-likeness (QED) is 0.871. The highest BCUT2D eigenvalue weighted by Crippen LogP contribution is 2.41. The van der Waals surface area contributed by atoms with Gasteiger partial charge in [-0.25, -0.2) is 0 Å². The van der Waals surface area contributed by atoms with Crippen molar-refractivity contribution < 1.29 is 0 Å². The van der Waals surface area contributed by atoms with E-state index in [-0.39, 0.29) is 0 Å². The average molecular weight is 316 g/mol. The zero-order valence-electron chi connectivity index (χ0n) is 11.7. The van der Waals surface area contributed by atoms with Crippen LogP contribution in [0.2, 0.25) is 5.02 Å². The normalized spacial score (nSPS) is 29.2. The van der Waals surface area contributed by atoms with Gasteiger partial charge in [-0.15, -0.1) is 0 Å². The first-order valence-electron chi connectivity index (χ1n) is 6.87. The summed E-state index contributed by atoms with van der Waals surface area (Å²) in [5.74, 6) is 1.21. The number of nitrogens with one attached hydrogen (secondary N) is 1. The van der Waals surface area contributed by atoms with Crippen molar-refractivity contribution in [3.8, 4) is 0 Å². The van der Waals surface area contributed by atoms with Gasteiger partial charge in [-0.3, -0.25) is 0 Å². The summed E-state index contributed by atoms with van der Waals surface area (Å²) in [5, 5.41) is 6.55. The molecule has 0 radical (unpaired) electrons. The van der Waals surface area contributed by atoms with Gasteiger partial charge in [0.25, 0.3) is 0 Å². The second kappa shape index (κ2) is 7.26. The second-order valence-corrected chi connectivity index (χ2v) is 8.48. The topological polar surface area (TPSA) is 12.0 Å². The molecule has 106 valence electrons. The molecule has 0 aliphatic carbocycles. The van der Waals surface area contributed by atoms with Crippen LogP contribution in [0, 0.1) is 0 Å². The molecule has 4 atom stereocenters. The van der Waals surface area contributed by atoms with E-state index in [1.165, 1.54) is 11.3 Å². The minimum absolute atomic E-state index is 0.399. The van der Waals surface area contributed by atoms with Crippen molar-refractivity contribution in [3.05, 3.63) is 34.9 Å². The lowest BCUT2D eigenvalue weighted by molar-refractivity contribution is 0.548. The van der Waals surface area contributed by atoms with E-state index in [4.69, 9.17) is 11.6 Å². The summed E-state index contributed by atoms with van der Waals surface area (Å²) in [6, 6.07) is 8.68. The molecule has 1 aliphatic rings. The molecule has 1 saturated heterocycles. The molecule has 0 amide bonds. The van der Waals surface area contributed by atoms with Crippen LogP contribution in [0.1, 0.15) is 32.4 Å². The molecule has 0 saturated carbocycles. The molecule has 4 heteroatoms. The number of halogens is 1. The molecule has 1 aromatic carbocycles. The number of rotatable bonds is 4. The van der Waals surface area contributed by atoms with Gasteiger partial charge in [0.05, 0.1) is 0 Å². The molecule has 2 rings (SSSR count). The van der Waals surface area contributed by atoms with E-state index in [0.717, 1.165) is 16.8 Å². The third kappa shape index (κ3) is 4.07. The fourth-order valence-electron chi connectivity index (χ4n) is 2.37. The van der Waals surface area contributed by atoms with Gasteiger partial charge in [0.1, 0.15) is 0 Å². The van der Waals surface area contributed by atoms with E-state index in [0.29, 0.717) is 16.5 Å². The van der Waals surface area contributed by atoms with Gasteiger partial charge in [0, 0.05) is 32.6 Å². The van der Waals surface area contributed by atoms with Crippen LogP contribution < -0.4 is 5.32 Å². The van der Waals surface area contributed by atoms with Gasteiger partial charge in [-0.2, -0.15) is 23.5 Å². The summed E-state index contributed by atoms with van der Waals surface area (Å²) in [7, 11) is 0. The molecular formula is C15H22ClNS2. The Morgan fingerprint density at radius 1 is 1.37 bits per heavy atom. The highest BCUT2D eigenvalue weighted by Gasteiger charge is 2.31. The number of thioether (sulfide) groups is 2. The molecule has 4 unspecified atom stereocenters. The average Bonchev–Trinajstić information content (AvgIpc) is 2.39. The van der Waals surface area contributed by atoms with Gasteiger partial charge >= 0.3 is 0 Å². The van der Waals surface area contributed by atoms with Crippen LogP contribution in [-0.4, -0.2) is 28.0 Å². The summed E-state index contributed by atoms with van der Waals surface area (Å²) in [5.41, 5.74) is 1.31. The van der Waals surface area contributed by atoms with Crippen LogP contribution in [0.3, 0.4) is 0 Å². The summed E-state index contributed by atoms with van der Waals surface area (Å²) in [6.07, 6.45) is 0. The van der Waals surface area contributed by atoms with Gasteiger partial charge in [0.15, 0.2) is 0 Å². The van der Waals surface area contributed by atoms with Crippen molar-refractivity contribution in [1.82, 2.24) is 5.32 Å². The predicted molar refractivity (Wildman–Crippen MR) is 90.6 cm³/mol. The Balaban J connectivity index is 2.16. The minimum Gasteiger partial charge on any atom is -0.309 e. The predicted octanol–water partition coefficient (Wildman–Crippen LogP) is 4.62. The maximum atomic E-state index is 6.14. The Hall–Kier alpha value is 0.170. The van der Waals surface area contributed by atoms with E-state index in [1.807, 2.05) is 6.07 Å². The molecule has 1 N–H and O–H groups in total. The molecule has 0 bridgehead atoms. The van der Waals surface area contributed by atoms with Crippen molar-refractivity contribution in [3.63, 3.8) is 0 Å². The largest absolute Gasteiger partial charge is 0.309 e. The molecule has 1 aliphatic heterocycles. The van der Waals surface area contributed by atoms with Gasteiger partial charge in [-0.05, 0) is 24.2 Å². The van der Waals surface area contributed by atoms with E-state index < -0.39 is 0 Å². The second-order valence-electron chi connectivity index (χ2n) is 5.01. The molecular weight excluding hydrogens is 294 g/mol. The first-order chi connectivity index (χ1) is 9.11. The van der Waals surface area contributed by atoms with Crippen LogP contribution in [0.25, 0.3) is 0 Å². The number of hydrogen-bond acceptors (Lipinski definition) is 3. The van der Waals surface area contributed by atoms with Crippen LogP contribution in [0.5, 0.6) is 0 Å². The molecule has 1 aromatic rings. The zero-order valence-corrected chi connectivity index (χ0v) is 14.1. The Labute approximate surface area is 130 Å². The lowest BCUT2D eigenvalue weighted by Gasteiger charge is -2.36. The lowest BCUT2D eigenvalue weighted by atomic mass is 10.0. The summed E-state index contributed by atoms with van der Waals surface area (Å²) < 4.78 is 0. The van der Waals surface area contributed by atoms with E-state index in [2.05, 4.69) is 67.8 Å². The van der Waals surface area contributed by atoms with Crippen LogP contribution in [0.15, 0.2) is 24.3 Å². The molecule has 19 heavy (non-hydrogen) atoms. The highest BCUT2D eigenvalue weighted by atomic mass is 35.5. The van der Waals surface area contributed by atoms with Crippen molar-refractivity contribution >= 4 is 35.1 Å². The monoisotopic (exact) mass is 315 g/mol. The van der Waals surface area contributed by atoms with Crippen molar-refractivity contribution in [2.24, 2.45) is 0 Å². The van der Waals surface area contributed by atoms with Crippen molar-refractivity contribution in [1.29, 1.82) is 0 Å². The Morgan fingerprint density at radius 2 is 2.16 bits per heavy atom. The fourth-order valence-corrected chi connectivity index (χ4v) is 5.68. The Kier molecular flexibility index (Phi) is 5.94. The summed E-state index contributed by atoms with van der Waals surface area (Å²) >= 11 is 10.4. The summed E-state index contributed by atoms with van der Waals surface area (Å²) in [6.45, 7) is 7.84. The standard InChI is InChI=1S/C15H22ClNS2/c1-4-17-15(12-6-5-7-13(16)8-12)14-9-18-10(2)11(3)19-14/h5-8,10-11,14-15,17H,4,9H2,1-3H3. The third-order valence-corrected chi connectivity index (χ3v) is 7.31. The minimum atomic E-state index is 0.399. The first-order valence-corrected chi connectivity index (χ1v) is 9.24. The van der Waals surface area contributed by atoms with Crippen LogP contribution in [-0.2, 0) is 0 Å². The maximum Gasteiger partial charge on any atom is 0.0449 e. The van der Waals surface area contributed by atoms with E-state index in [1.54, 1.807) is 0 Å². The lowest BCUT2D eigenvalue weighted by Crippen LogP contribution is -2.37. The first kappa shape index (κ1) is 15.6. The molecule has 1 nitrogen and oxygen atoms in total. The summed E-state index contributed by atoms with van der Waals surface area (Å²) in [4.78, 5) is 0. The Morgan fingerprint density at radius 3 is 2.79 bits per heavy atom. The Bertz CT molecular complexity index is 413. The van der Waals surface area contributed by atoms with Crippen molar-refractivity contribution in [2.75, 3.05) is 12.3 Å². The van der Waals surface area contributed by atoms with Crippen molar-refractivity contribution in [2.45, 2.75) is 42.6 Å². The molecule has 0 aromatic heterocycles. The van der Waals surface area contributed by atoms with Gasteiger partial charge in [-0.1, -0.05) is 44.5 Å². The zero-order chi connectivity index (χ0) is 13.8. The SMILES string of the molecule is CCNC(c1cccc(Cl)c1)C1CSC(C)C(C)S1. The number of benzene rings is 1. The molecule has 1 heterocycles. The molecule has 0 spiro atoms. The maximum absolute atomic E-state index is 6.14. The number of hydrogen-bond donors (Lipinski definition) is 1. The highest BCUT2D eigenvalue weighted by molar-refractivity contribution is 8.07. The smallest absolute Gasteiger partial charge is 0.0449 e. The van der Waals surface area contributed by atoms with Gasteiger partial charge < -0.3 is 5.32 Å². The fraction of sp³-hybridized carbons (Fsp3) is 0.600. The van der Waals surface area contributed by atoms with Crippen LogP contribution in [0.4, 0.5) is 0 Å². The third-order valence-electron chi connectivity index (χ3n) is 3.58. The van der Waals surface area contributed by atoms with Crippen LogP contribution >= 0.6 is 35.1 Å². The van der Waals surface area contributed by atoms with E-state index >= 15 is 0 Å².